The molecule has 17 heavy (non-hydrogen) atoms. The highest BCUT2D eigenvalue weighted by Gasteiger charge is 2.07. The predicted octanol–water partition coefficient (Wildman–Crippen LogP) is 1.09. The molecule has 7 nitrogen and oxygen atoms in total. The van der Waals surface area contributed by atoms with Gasteiger partial charge in [0.15, 0.2) is 11.4 Å². The standard InChI is InChI=1S/C9H6N4O.CH2O2/c1-2-7(14-5-1)9-11-8-6-10-3-4-13(8)12-9;2-1-3/h1-6H;1H,(H,2,3). The van der Waals surface area contributed by atoms with Gasteiger partial charge in [-0.15, -0.1) is 5.10 Å². The fourth-order valence-electron chi connectivity index (χ4n) is 1.25. The summed E-state index contributed by atoms with van der Waals surface area (Å²) in [4.78, 5) is 16.6. The van der Waals surface area contributed by atoms with E-state index in [2.05, 4.69) is 15.1 Å². The quantitative estimate of drug-likeness (QED) is 0.631. The molecule has 0 spiro atoms. The van der Waals surface area contributed by atoms with E-state index in [1.165, 1.54) is 0 Å². The molecule has 0 saturated heterocycles. The van der Waals surface area contributed by atoms with Crippen molar-refractivity contribution < 1.29 is 14.3 Å². The minimum absolute atomic E-state index is 0.250. The molecule has 7 heteroatoms. The van der Waals surface area contributed by atoms with E-state index in [1.807, 2.05) is 6.07 Å². The number of fused-ring (bicyclic) bond motifs is 1. The third-order valence-corrected chi connectivity index (χ3v) is 1.88. The van der Waals surface area contributed by atoms with Gasteiger partial charge in [0.2, 0.25) is 5.82 Å². The van der Waals surface area contributed by atoms with E-state index in [4.69, 9.17) is 14.3 Å². The van der Waals surface area contributed by atoms with Crippen LogP contribution in [0.3, 0.4) is 0 Å². The maximum atomic E-state index is 8.36. The van der Waals surface area contributed by atoms with Gasteiger partial charge in [-0.05, 0) is 12.1 Å². The van der Waals surface area contributed by atoms with E-state index in [0.717, 1.165) is 0 Å². The van der Waals surface area contributed by atoms with Crippen LogP contribution in [0, 0.1) is 0 Å². The number of nitrogens with zero attached hydrogens (tertiary/aromatic N) is 4. The van der Waals surface area contributed by atoms with Gasteiger partial charge in [0.25, 0.3) is 6.47 Å². The number of rotatable bonds is 1. The molecule has 0 aliphatic heterocycles. The average Bonchev–Trinajstić information content (AvgIpc) is 2.99. The monoisotopic (exact) mass is 232 g/mol. The van der Waals surface area contributed by atoms with Crippen molar-refractivity contribution in [1.82, 2.24) is 19.6 Å². The van der Waals surface area contributed by atoms with Crippen LogP contribution < -0.4 is 0 Å². The minimum atomic E-state index is -0.250. The second-order valence-corrected chi connectivity index (χ2v) is 2.90. The molecule has 3 aromatic rings. The van der Waals surface area contributed by atoms with E-state index < -0.39 is 0 Å². The number of hydrogen-bond donors (Lipinski definition) is 1. The van der Waals surface area contributed by atoms with Crippen molar-refractivity contribution >= 4 is 12.1 Å². The lowest BCUT2D eigenvalue weighted by molar-refractivity contribution is -0.122. The molecule has 0 aromatic carbocycles. The van der Waals surface area contributed by atoms with Crippen molar-refractivity contribution in [1.29, 1.82) is 0 Å². The summed E-state index contributed by atoms with van der Waals surface area (Å²) >= 11 is 0. The minimum Gasteiger partial charge on any atom is -0.483 e. The topological polar surface area (TPSA) is 93.5 Å². The van der Waals surface area contributed by atoms with E-state index in [9.17, 15) is 0 Å². The highest BCUT2D eigenvalue weighted by atomic mass is 16.3. The molecule has 0 bridgehead atoms. The molecule has 3 heterocycles. The Hall–Kier alpha value is -2.70. The van der Waals surface area contributed by atoms with Gasteiger partial charge in [-0.3, -0.25) is 9.78 Å². The van der Waals surface area contributed by atoms with Crippen LogP contribution in [-0.4, -0.2) is 31.2 Å². The van der Waals surface area contributed by atoms with Crippen LogP contribution in [0.1, 0.15) is 0 Å². The van der Waals surface area contributed by atoms with E-state index >= 15 is 0 Å². The molecule has 0 amide bonds. The molecular weight excluding hydrogens is 224 g/mol. The van der Waals surface area contributed by atoms with Gasteiger partial charge < -0.3 is 9.52 Å². The van der Waals surface area contributed by atoms with E-state index in [1.54, 1.807) is 35.4 Å². The van der Waals surface area contributed by atoms with Gasteiger partial charge in [-0.25, -0.2) is 9.50 Å². The molecule has 0 radical (unpaired) electrons. The molecule has 0 aliphatic carbocycles. The zero-order valence-electron chi connectivity index (χ0n) is 8.59. The molecule has 0 unspecified atom stereocenters. The van der Waals surface area contributed by atoms with Crippen molar-refractivity contribution in [3.8, 4) is 11.6 Å². The first-order chi connectivity index (χ1) is 8.35. The van der Waals surface area contributed by atoms with Crippen LogP contribution in [0.4, 0.5) is 0 Å². The number of carboxylic acid groups (broad SMARTS) is 1. The molecule has 3 aromatic heterocycles. The molecule has 3 rings (SSSR count). The Bertz CT molecular complexity index is 570. The van der Waals surface area contributed by atoms with Crippen molar-refractivity contribution in [2.45, 2.75) is 0 Å². The predicted molar refractivity (Wildman–Crippen MR) is 57.2 cm³/mol. The summed E-state index contributed by atoms with van der Waals surface area (Å²) in [6.07, 6.45) is 6.65. The SMILES string of the molecule is O=CO.c1coc(-c2nc3cnccn3n2)c1. The fourth-order valence-corrected chi connectivity index (χ4v) is 1.25. The molecule has 86 valence electrons. The van der Waals surface area contributed by atoms with Crippen LogP contribution in [0.5, 0.6) is 0 Å². The second-order valence-electron chi connectivity index (χ2n) is 2.90. The summed E-state index contributed by atoms with van der Waals surface area (Å²) in [7, 11) is 0. The third kappa shape index (κ3) is 2.28. The van der Waals surface area contributed by atoms with Gasteiger partial charge in [0, 0.05) is 12.4 Å². The Kier molecular flexibility index (Phi) is 3.10. The van der Waals surface area contributed by atoms with E-state index in [-0.39, 0.29) is 6.47 Å². The zero-order valence-corrected chi connectivity index (χ0v) is 8.59. The number of aromatic nitrogens is 4. The summed E-state index contributed by atoms with van der Waals surface area (Å²) in [5, 5.41) is 11.1. The Morgan fingerprint density at radius 1 is 1.47 bits per heavy atom. The number of hydrogen-bond acceptors (Lipinski definition) is 5. The largest absolute Gasteiger partial charge is 0.483 e. The van der Waals surface area contributed by atoms with Crippen molar-refractivity contribution in [2.24, 2.45) is 0 Å². The normalized spacial score (nSPS) is 9.65. The third-order valence-electron chi connectivity index (χ3n) is 1.88. The smallest absolute Gasteiger partial charge is 0.290 e. The Morgan fingerprint density at radius 2 is 2.29 bits per heavy atom. The Morgan fingerprint density at radius 3 is 2.94 bits per heavy atom. The zero-order chi connectivity index (χ0) is 12.1. The van der Waals surface area contributed by atoms with Gasteiger partial charge in [-0.2, -0.15) is 0 Å². The van der Waals surface area contributed by atoms with Crippen molar-refractivity contribution in [3.05, 3.63) is 37.0 Å². The Balaban J connectivity index is 0.000000329. The van der Waals surface area contributed by atoms with Crippen LogP contribution in [0.2, 0.25) is 0 Å². The van der Waals surface area contributed by atoms with Gasteiger partial charge >= 0.3 is 0 Å². The van der Waals surface area contributed by atoms with Crippen LogP contribution in [0.25, 0.3) is 17.2 Å². The van der Waals surface area contributed by atoms with Crippen LogP contribution in [-0.2, 0) is 4.79 Å². The lowest BCUT2D eigenvalue weighted by Crippen LogP contribution is -1.85. The summed E-state index contributed by atoms with van der Waals surface area (Å²) in [5.41, 5.74) is 0.707. The molecule has 0 saturated carbocycles. The molecule has 0 aliphatic rings. The summed E-state index contributed by atoms with van der Waals surface area (Å²) < 4.78 is 6.85. The maximum Gasteiger partial charge on any atom is 0.290 e. The van der Waals surface area contributed by atoms with Gasteiger partial charge in [0.05, 0.1) is 12.5 Å². The van der Waals surface area contributed by atoms with E-state index in [0.29, 0.717) is 17.2 Å². The number of carbonyl (C=O) groups is 1. The van der Waals surface area contributed by atoms with Gasteiger partial charge in [-0.1, -0.05) is 0 Å². The molecule has 0 fully saturated rings. The highest BCUT2D eigenvalue weighted by Crippen LogP contribution is 2.15. The second kappa shape index (κ2) is 4.88. The highest BCUT2D eigenvalue weighted by molar-refractivity contribution is 5.50. The molecule has 1 N–H and O–H groups in total. The first kappa shape index (κ1) is 10.8. The Labute approximate surface area is 95.4 Å². The summed E-state index contributed by atoms with van der Waals surface area (Å²) in [5.74, 6) is 1.23. The van der Waals surface area contributed by atoms with Gasteiger partial charge in [0.1, 0.15) is 0 Å². The first-order valence-corrected chi connectivity index (χ1v) is 4.63. The van der Waals surface area contributed by atoms with Crippen molar-refractivity contribution in [3.63, 3.8) is 0 Å². The van der Waals surface area contributed by atoms with Crippen LogP contribution >= 0.6 is 0 Å². The molecular formula is C10H8N4O3. The van der Waals surface area contributed by atoms with Crippen LogP contribution in [0.15, 0.2) is 41.4 Å². The van der Waals surface area contributed by atoms with Crippen molar-refractivity contribution in [2.75, 3.05) is 0 Å². The number of furan rings is 1. The summed E-state index contributed by atoms with van der Waals surface area (Å²) in [6, 6.07) is 3.63. The lowest BCUT2D eigenvalue weighted by Gasteiger charge is -1.84. The summed E-state index contributed by atoms with van der Waals surface area (Å²) in [6.45, 7) is -0.250. The average molecular weight is 232 g/mol. The molecule has 0 atom stereocenters. The fraction of sp³-hybridized carbons (Fsp3) is 0. The maximum absolute atomic E-state index is 8.36. The lowest BCUT2D eigenvalue weighted by atomic mass is 10.4. The first-order valence-electron chi connectivity index (χ1n) is 4.63.